The van der Waals surface area contributed by atoms with Gasteiger partial charge in [-0.2, -0.15) is 4.31 Å². The van der Waals surface area contributed by atoms with Crippen LogP contribution in [-0.2, 0) is 10.0 Å². The van der Waals surface area contributed by atoms with Crippen LogP contribution in [0.15, 0.2) is 71.6 Å². The third-order valence-electron chi connectivity index (χ3n) is 7.02. The number of urea groups is 1. The Bertz CT molecular complexity index is 1430. The lowest BCUT2D eigenvalue weighted by atomic mass is 10.00. The minimum atomic E-state index is -3.98. The highest BCUT2D eigenvalue weighted by molar-refractivity contribution is 7.89. The zero-order valence-corrected chi connectivity index (χ0v) is 23.3. The highest BCUT2D eigenvalue weighted by Crippen LogP contribution is 2.37. The van der Waals surface area contributed by atoms with Crippen molar-refractivity contribution in [2.24, 2.45) is 5.92 Å². The van der Waals surface area contributed by atoms with Gasteiger partial charge >= 0.3 is 6.03 Å². The lowest BCUT2D eigenvalue weighted by Crippen LogP contribution is -2.50. The molecule has 4 rings (SSSR count). The fourth-order valence-corrected chi connectivity index (χ4v) is 6.44. The summed E-state index contributed by atoms with van der Waals surface area (Å²) in [7, 11) is -2.37. The Labute approximate surface area is 229 Å². The third-order valence-corrected chi connectivity index (χ3v) is 9.04. The number of halogens is 1. The van der Waals surface area contributed by atoms with E-state index in [0.29, 0.717) is 5.69 Å². The van der Waals surface area contributed by atoms with Crippen LogP contribution in [0.25, 0.3) is 11.1 Å². The Morgan fingerprint density at radius 3 is 2.54 bits per heavy atom. The molecule has 3 aromatic rings. The summed E-state index contributed by atoms with van der Waals surface area (Å²) in [6.07, 6.45) is -0.566. The van der Waals surface area contributed by atoms with E-state index in [4.69, 9.17) is 4.74 Å². The monoisotopic (exact) mass is 555 g/mol. The number of aryl methyl sites for hydroxylation is 1. The molecule has 2 N–H and O–H groups in total. The minimum absolute atomic E-state index is 0.00968. The Morgan fingerprint density at radius 2 is 1.87 bits per heavy atom. The number of likely N-dealkylation sites (N-methyl/N-ethyl adjacent to an activating group) is 1. The molecule has 3 aromatic carbocycles. The van der Waals surface area contributed by atoms with Gasteiger partial charge in [-0.1, -0.05) is 37.3 Å². The maximum Gasteiger partial charge on any atom is 0.321 e. The van der Waals surface area contributed by atoms with Crippen LogP contribution in [0, 0.1) is 18.7 Å². The Balaban J connectivity index is 1.69. The molecular weight excluding hydrogens is 521 g/mol. The van der Waals surface area contributed by atoms with Gasteiger partial charge in [0.1, 0.15) is 22.6 Å². The molecule has 0 aromatic heterocycles. The van der Waals surface area contributed by atoms with Crippen molar-refractivity contribution in [2.45, 2.75) is 37.8 Å². The predicted molar refractivity (Wildman–Crippen MR) is 149 cm³/mol. The number of ether oxygens (including phenoxy) is 1. The fraction of sp³-hybridized carbons (Fsp3) is 0.345. The first-order valence-electron chi connectivity index (χ1n) is 12.8. The number of amides is 2. The number of carbonyl (C=O) groups excluding carboxylic acids is 1. The molecule has 1 aliphatic heterocycles. The molecular formula is C29H34FN3O5S. The summed E-state index contributed by atoms with van der Waals surface area (Å²) in [5.74, 6) is -0.543. The summed E-state index contributed by atoms with van der Waals surface area (Å²) in [6.45, 7) is 5.41. The van der Waals surface area contributed by atoms with Crippen molar-refractivity contribution in [2.75, 3.05) is 32.1 Å². The van der Waals surface area contributed by atoms with Gasteiger partial charge in [0.15, 0.2) is 0 Å². The van der Waals surface area contributed by atoms with Gasteiger partial charge in [0.25, 0.3) is 0 Å². The van der Waals surface area contributed by atoms with Crippen LogP contribution in [-0.4, -0.2) is 67.7 Å². The van der Waals surface area contributed by atoms with Crippen LogP contribution in [0.3, 0.4) is 0 Å². The van der Waals surface area contributed by atoms with Crippen molar-refractivity contribution < 1.29 is 27.4 Å². The minimum Gasteiger partial charge on any atom is -0.487 e. The van der Waals surface area contributed by atoms with Crippen LogP contribution in [0.4, 0.5) is 14.9 Å². The molecule has 39 heavy (non-hydrogen) atoms. The molecule has 208 valence electrons. The number of anilines is 1. The Morgan fingerprint density at radius 1 is 1.18 bits per heavy atom. The van der Waals surface area contributed by atoms with E-state index < -0.39 is 34.0 Å². The average Bonchev–Trinajstić information content (AvgIpc) is 2.91. The molecule has 0 spiro atoms. The third kappa shape index (κ3) is 6.24. The maximum atomic E-state index is 13.7. The number of benzene rings is 3. The van der Waals surface area contributed by atoms with Gasteiger partial charge in [0.2, 0.25) is 10.0 Å². The number of fused-ring (bicyclic) bond motifs is 1. The van der Waals surface area contributed by atoms with E-state index in [2.05, 4.69) is 5.32 Å². The number of hydrogen-bond donors (Lipinski definition) is 2. The number of nitrogens with one attached hydrogen (secondary N) is 1. The molecule has 3 atom stereocenters. The van der Waals surface area contributed by atoms with Gasteiger partial charge in [-0.25, -0.2) is 17.6 Å². The van der Waals surface area contributed by atoms with E-state index in [9.17, 15) is 22.7 Å². The number of carbonyl (C=O) groups is 1. The normalized spacial score (nSPS) is 19.6. The molecule has 0 fully saturated rings. The molecule has 1 heterocycles. The van der Waals surface area contributed by atoms with Crippen LogP contribution in [0.1, 0.15) is 19.4 Å². The second-order valence-corrected chi connectivity index (χ2v) is 11.9. The first-order chi connectivity index (χ1) is 18.5. The summed E-state index contributed by atoms with van der Waals surface area (Å²) in [5.41, 5.74) is 3.23. The molecule has 8 nitrogen and oxygen atoms in total. The molecule has 0 saturated carbocycles. The van der Waals surface area contributed by atoms with Crippen molar-refractivity contribution in [3.63, 3.8) is 0 Å². The summed E-state index contributed by atoms with van der Waals surface area (Å²) < 4.78 is 48.4. The number of rotatable bonds is 6. The summed E-state index contributed by atoms with van der Waals surface area (Å²) >= 11 is 0. The van der Waals surface area contributed by atoms with Gasteiger partial charge < -0.3 is 20.1 Å². The summed E-state index contributed by atoms with van der Waals surface area (Å²) in [6, 6.07) is 17.2. The number of aliphatic hydroxyl groups excluding tert-OH is 1. The van der Waals surface area contributed by atoms with Crippen LogP contribution in [0.2, 0.25) is 0 Å². The zero-order chi connectivity index (χ0) is 28.3. The van der Waals surface area contributed by atoms with Gasteiger partial charge in [0, 0.05) is 31.2 Å². The highest BCUT2D eigenvalue weighted by atomic mass is 32.2. The van der Waals surface area contributed by atoms with E-state index in [1.807, 2.05) is 38.1 Å². The number of hydrogen-bond acceptors (Lipinski definition) is 5. The molecule has 0 bridgehead atoms. The lowest BCUT2D eigenvalue weighted by Gasteiger charge is -2.37. The quantitative estimate of drug-likeness (QED) is 0.458. The van der Waals surface area contributed by atoms with Crippen LogP contribution < -0.4 is 10.1 Å². The van der Waals surface area contributed by atoms with E-state index in [1.165, 1.54) is 33.5 Å². The first-order valence-corrected chi connectivity index (χ1v) is 14.2. The maximum absolute atomic E-state index is 13.7. The number of aliphatic hydroxyl groups is 1. The van der Waals surface area contributed by atoms with Crippen molar-refractivity contribution in [1.82, 2.24) is 9.21 Å². The van der Waals surface area contributed by atoms with E-state index in [-0.39, 0.29) is 36.3 Å². The van der Waals surface area contributed by atoms with E-state index in [0.717, 1.165) is 16.7 Å². The molecule has 0 aliphatic carbocycles. The Kier molecular flexibility index (Phi) is 8.58. The second-order valence-electron chi connectivity index (χ2n) is 10.0. The van der Waals surface area contributed by atoms with Crippen molar-refractivity contribution >= 4 is 21.7 Å². The van der Waals surface area contributed by atoms with E-state index >= 15 is 0 Å². The van der Waals surface area contributed by atoms with E-state index in [1.54, 1.807) is 32.2 Å². The van der Waals surface area contributed by atoms with Gasteiger partial charge in [-0.3, -0.25) is 0 Å². The van der Waals surface area contributed by atoms with Gasteiger partial charge in [-0.05, 0) is 66.9 Å². The summed E-state index contributed by atoms with van der Waals surface area (Å²) in [5, 5.41) is 12.6. The largest absolute Gasteiger partial charge is 0.487 e. The molecule has 1 aliphatic rings. The second kappa shape index (κ2) is 11.7. The average molecular weight is 556 g/mol. The molecule has 0 unspecified atom stereocenters. The van der Waals surface area contributed by atoms with Crippen molar-refractivity contribution in [3.05, 3.63) is 78.1 Å². The van der Waals surface area contributed by atoms with Gasteiger partial charge in [-0.15, -0.1) is 0 Å². The molecule has 2 amide bonds. The zero-order valence-electron chi connectivity index (χ0n) is 22.5. The standard InChI is InChI=1S/C29H34FN3O5S/c1-19-7-5-6-8-25(19)22-9-14-28-26(15-22)38-27(20(2)16-33(21(3)18-34)39(28,36)37)17-32(4)29(35)31-24-12-10-23(30)11-13-24/h5-15,20-21,27,34H,16-18H2,1-4H3,(H,31,35)/t20-,21-,27+/m0/s1. The van der Waals surface area contributed by atoms with Gasteiger partial charge in [0.05, 0.1) is 13.2 Å². The first kappa shape index (κ1) is 28.5. The fourth-order valence-electron chi connectivity index (χ4n) is 4.61. The molecule has 0 saturated heterocycles. The van der Waals surface area contributed by atoms with Crippen LogP contribution in [0.5, 0.6) is 5.75 Å². The van der Waals surface area contributed by atoms with Crippen molar-refractivity contribution in [1.29, 1.82) is 0 Å². The smallest absolute Gasteiger partial charge is 0.321 e. The number of sulfonamides is 1. The molecule has 0 radical (unpaired) electrons. The highest BCUT2D eigenvalue weighted by Gasteiger charge is 2.38. The lowest BCUT2D eigenvalue weighted by molar-refractivity contribution is 0.0830. The molecule has 10 heteroatoms. The number of nitrogens with zero attached hydrogens (tertiary/aromatic N) is 2. The van der Waals surface area contributed by atoms with Crippen molar-refractivity contribution in [3.8, 4) is 16.9 Å². The topological polar surface area (TPSA) is 99.2 Å². The Hall–Kier alpha value is -3.47. The predicted octanol–water partition coefficient (Wildman–Crippen LogP) is 4.73. The van der Waals surface area contributed by atoms with Crippen LogP contribution >= 0.6 is 0 Å². The SMILES string of the molecule is Cc1ccccc1-c1ccc2c(c1)O[C@H](CN(C)C(=O)Nc1ccc(F)cc1)[C@@H](C)CN([C@@H](C)CO)S2(=O)=O. The summed E-state index contributed by atoms with van der Waals surface area (Å²) in [4.78, 5) is 14.4.